The molecule has 1 rings (SSSR count). The molecule has 0 spiro atoms. The zero-order valence-electron chi connectivity index (χ0n) is 6.35. The molecule has 2 heteroatoms. The van der Waals surface area contributed by atoms with Gasteiger partial charge in [-0.15, -0.1) is 0 Å². The van der Waals surface area contributed by atoms with Gasteiger partial charge in [0.25, 0.3) is 0 Å². The Morgan fingerprint density at radius 1 is 1.33 bits per heavy atom. The van der Waals surface area contributed by atoms with Crippen LogP contribution in [0.4, 0.5) is 0 Å². The minimum Gasteiger partial charge on any atom is -0.375 e. The third-order valence-corrected chi connectivity index (χ3v) is 1.86. The minimum absolute atomic E-state index is 0.376. The van der Waals surface area contributed by atoms with E-state index in [0.717, 1.165) is 6.61 Å². The Bertz CT molecular complexity index is 94.9. The highest BCUT2D eigenvalue weighted by molar-refractivity contribution is 4.77. The van der Waals surface area contributed by atoms with Crippen molar-refractivity contribution in [3.8, 4) is 0 Å². The Labute approximate surface area is 56.6 Å². The number of ether oxygens (including phenoxy) is 1. The Hall–Kier alpha value is -0.0800. The average molecular weight is 129 g/mol. The van der Waals surface area contributed by atoms with Gasteiger partial charge in [0.1, 0.15) is 0 Å². The quantitative estimate of drug-likeness (QED) is 0.521. The normalized spacial score (nSPS) is 45.0. The van der Waals surface area contributed by atoms with Crippen LogP contribution in [-0.2, 0) is 4.74 Å². The Balaban J connectivity index is 2.35. The predicted octanol–water partition coefficient (Wildman–Crippen LogP) is 0.772. The highest BCUT2D eigenvalue weighted by Gasteiger charge is 2.20. The maximum atomic E-state index is 5.44. The molecule has 9 heavy (non-hydrogen) atoms. The summed E-state index contributed by atoms with van der Waals surface area (Å²) in [4.78, 5) is 0. The summed E-state index contributed by atoms with van der Waals surface area (Å²) in [6, 6.07) is 1.03. The number of hydrogen-bond acceptors (Lipinski definition) is 2. The highest BCUT2D eigenvalue weighted by atomic mass is 16.5. The third-order valence-electron chi connectivity index (χ3n) is 1.86. The van der Waals surface area contributed by atoms with Crippen LogP contribution in [0, 0.1) is 0 Å². The Morgan fingerprint density at radius 2 is 2.00 bits per heavy atom. The van der Waals surface area contributed by atoms with Crippen LogP contribution in [0.1, 0.15) is 20.8 Å². The van der Waals surface area contributed by atoms with Gasteiger partial charge in [-0.1, -0.05) is 0 Å². The summed E-state index contributed by atoms with van der Waals surface area (Å²) in [6.45, 7) is 7.25. The van der Waals surface area contributed by atoms with E-state index in [2.05, 4.69) is 26.1 Å². The second-order valence-electron chi connectivity index (χ2n) is 2.89. The van der Waals surface area contributed by atoms with Gasteiger partial charge >= 0.3 is 0 Å². The van der Waals surface area contributed by atoms with Gasteiger partial charge in [0.2, 0.25) is 0 Å². The van der Waals surface area contributed by atoms with E-state index < -0.39 is 0 Å². The van der Waals surface area contributed by atoms with Gasteiger partial charge in [-0.05, 0) is 20.8 Å². The Morgan fingerprint density at radius 3 is 2.44 bits per heavy atom. The van der Waals surface area contributed by atoms with E-state index in [1.54, 1.807) is 0 Å². The van der Waals surface area contributed by atoms with Crippen molar-refractivity contribution in [2.75, 3.05) is 6.61 Å². The summed E-state index contributed by atoms with van der Waals surface area (Å²) in [5, 5.41) is 3.40. The van der Waals surface area contributed by atoms with Gasteiger partial charge in [-0.2, -0.15) is 0 Å². The maximum Gasteiger partial charge on any atom is 0.0698 e. The first-order valence-electron chi connectivity index (χ1n) is 3.58. The molecule has 1 fully saturated rings. The van der Waals surface area contributed by atoms with Crippen molar-refractivity contribution in [2.45, 2.75) is 39.0 Å². The van der Waals surface area contributed by atoms with Crippen LogP contribution in [0.5, 0.6) is 0 Å². The monoisotopic (exact) mass is 129 g/mol. The fraction of sp³-hybridized carbons (Fsp3) is 1.00. The van der Waals surface area contributed by atoms with E-state index in [4.69, 9.17) is 4.74 Å². The zero-order valence-corrected chi connectivity index (χ0v) is 6.35. The van der Waals surface area contributed by atoms with Crippen LogP contribution in [0.15, 0.2) is 0 Å². The standard InChI is InChI=1S/C7H15NO/c1-5-4-9-7(3)6(2)8-5/h5-8H,4H2,1-3H3/t5-,6+,7-/m0/s1. The first-order valence-corrected chi connectivity index (χ1v) is 3.58. The van der Waals surface area contributed by atoms with E-state index in [0.29, 0.717) is 18.2 Å². The fourth-order valence-corrected chi connectivity index (χ4v) is 1.07. The summed E-state index contributed by atoms with van der Waals surface area (Å²) < 4.78 is 5.44. The van der Waals surface area contributed by atoms with Crippen molar-refractivity contribution in [1.29, 1.82) is 0 Å². The molecule has 0 aliphatic carbocycles. The molecule has 0 bridgehead atoms. The SMILES string of the molecule is C[C@@H]1OC[C@H](C)N[C@@H]1C. The fourth-order valence-electron chi connectivity index (χ4n) is 1.07. The lowest BCUT2D eigenvalue weighted by Gasteiger charge is -2.31. The van der Waals surface area contributed by atoms with Gasteiger partial charge in [0, 0.05) is 12.1 Å². The van der Waals surface area contributed by atoms with Gasteiger partial charge in [0.05, 0.1) is 12.7 Å². The summed E-state index contributed by atoms with van der Waals surface area (Å²) in [7, 11) is 0. The summed E-state index contributed by atoms with van der Waals surface area (Å²) in [5.41, 5.74) is 0. The van der Waals surface area contributed by atoms with Crippen molar-refractivity contribution in [2.24, 2.45) is 0 Å². The molecule has 2 nitrogen and oxygen atoms in total. The lowest BCUT2D eigenvalue weighted by atomic mass is 10.1. The molecule has 0 amide bonds. The lowest BCUT2D eigenvalue weighted by molar-refractivity contribution is -0.00764. The van der Waals surface area contributed by atoms with Crippen LogP contribution in [0.3, 0.4) is 0 Å². The van der Waals surface area contributed by atoms with E-state index in [1.165, 1.54) is 0 Å². The topological polar surface area (TPSA) is 21.3 Å². The van der Waals surface area contributed by atoms with Gasteiger partial charge in [-0.3, -0.25) is 0 Å². The Kier molecular flexibility index (Phi) is 2.09. The zero-order chi connectivity index (χ0) is 6.85. The number of rotatable bonds is 0. The van der Waals surface area contributed by atoms with E-state index >= 15 is 0 Å². The molecule has 1 heterocycles. The van der Waals surface area contributed by atoms with E-state index in [-0.39, 0.29) is 0 Å². The van der Waals surface area contributed by atoms with Crippen molar-refractivity contribution in [1.82, 2.24) is 5.32 Å². The summed E-state index contributed by atoms with van der Waals surface area (Å²) >= 11 is 0. The molecule has 1 N–H and O–H groups in total. The first-order chi connectivity index (χ1) is 4.20. The van der Waals surface area contributed by atoms with Crippen molar-refractivity contribution < 1.29 is 4.74 Å². The van der Waals surface area contributed by atoms with Gasteiger partial charge in [0.15, 0.2) is 0 Å². The molecule has 0 saturated carbocycles. The molecule has 0 aromatic rings. The second-order valence-corrected chi connectivity index (χ2v) is 2.89. The molecule has 0 aromatic heterocycles. The predicted molar refractivity (Wildman–Crippen MR) is 37.5 cm³/mol. The van der Waals surface area contributed by atoms with Gasteiger partial charge in [-0.25, -0.2) is 0 Å². The molecule has 54 valence electrons. The molecular weight excluding hydrogens is 114 g/mol. The van der Waals surface area contributed by atoms with Crippen LogP contribution in [0.2, 0.25) is 0 Å². The van der Waals surface area contributed by atoms with Gasteiger partial charge < -0.3 is 10.1 Å². The first kappa shape index (κ1) is 7.03. The molecule has 0 radical (unpaired) electrons. The van der Waals surface area contributed by atoms with Crippen molar-refractivity contribution in [3.63, 3.8) is 0 Å². The largest absolute Gasteiger partial charge is 0.375 e. The molecule has 1 aliphatic rings. The molecule has 0 unspecified atom stereocenters. The lowest BCUT2D eigenvalue weighted by Crippen LogP contribution is -2.50. The molecule has 0 aromatic carbocycles. The number of morpholine rings is 1. The summed E-state index contributed by atoms with van der Waals surface area (Å²) in [6.07, 6.45) is 0.376. The van der Waals surface area contributed by atoms with Crippen LogP contribution in [0.25, 0.3) is 0 Å². The maximum absolute atomic E-state index is 5.44. The average Bonchev–Trinajstić information content (AvgIpc) is 1.80. The van der Waals surface area contributed by atoms with Crippen molar-refractivity contribution in [3.05, 3.63) is 0 Å². The minimum atomic E-state index is 0.376. The molecule has 1 saturated heterocycles. The second kappa shape index (κ2) is 2.67. The molecule has 3 atom stereocenters. The van der Waals surface area contributed by atoms with Crippen LogP contribution < -0.4 is 5.32 Å². The highest BCUT2D eigenvalue weighted by Crippen LogP contribution is 2.05. The van der Waals surface area contributed by atoms with E-state index in [1.807, 2.05) is 0 Å². The third kappa shape index (κ3) is 1.66. The number of nitrogens with one attached hydrogen (secondary N) is 1. The smallest absolute Gasteiger partial charge is 0.0698 e. The van der Waals surface area contributed by atoms with Crippen molar-refractivity contribution >= 4 is 0 Å². The number of hydrogen-bond donors (Lipinski definition) is 1. The van der Waals surface area contributed by atoms with Crippen LogP contribution >= 0.6 is 0 Å². The van der Waals surface area contributed by atoms with E-state index in [9.17, 15) is 0 Å². The summed E-state index contributed by atoms with van der Waals surface area (Å²) in [5.74, 6) is 0. The van der Waals surface area contributed by atoms with Crippen LogP contribution in [-0.4, -0.2) is 24.8 Å². The molecule has 1 aliphatic heterocycles. The molecular formula is C7H15NO.